The summed E-state index contributed by atoms with van der Waals surface area (Å²) < 4.78 is 10.6. The van der Waals surface area contributed by atoms with E-state index in [0.29, 0.717) is 0 Å². The highest BCUT2D eigenvalue weighted by Gasteiger charge is 2.32. The van der Waals surface area contributed by atoms with E-state index in [1.807, 2.05) is 47.4 Å². The normalized spacial score (nSPS) is 19.1. The average Bonchev–Trinajstić information content (AvgIpc) is 2.61. The number of nitrogens with one attached hydrogen (secondary N) is 1. The number of hydrogen-bond donors (Lipinski definition) is 1. The van der Waals surface area contributed by atoms with Crippen LogP contribution in [0.15, 0.2) is 42.5 Å². The van der Waals surface area contributed by atoms with Crippen molar-refractivity contribution in [3.05, 3.63) is 48.0 Å². The van der Waals surface area contributed by atoms with Crippen molar-refractivity contribution in [1.29, 1.82) is 0 Å². The van der Waals surface area contributed by atoms with E-state index in [9.17, 15) is 4.79 Å². The summed E-state index contributed by atoms with van der Waals surface area (Å²) in [4.78, 5) is 14.0. The standard InChI is InChI=1S/C20H24N2O3/c1-13-11-19(21-15-5-7-16(24-3)8-6-15)18-12-17(25-4)9-10-20(18)22(13)14(2)23/h5-10,12-13,19,21H,11H2,1-4H3/t13-,19+/m1/s1. The maximum Gasteiger partial charge on any atom is 0.224 e. The molecule has 0 spiro atoms. The quantitative estimate of drug-likeness (QED) is 0.914. The van der Waals surface area contributed by atoms with E-state index in [2.05, 4.69) is 12.2 Å². The first-order valence-electron chi connectivity index (χ1n) is 8.41. The van der Waals surface area contributed by atoms with Crippen molar-refractivity contribution in [1.82, 2.24) is 0 Å². The summed E-state index contributed by atoms with van der Waals surface area (Å²) in [5, 5.41) is 3.58. The fraction of sp³-hybridized carbons (Fsp3) is 0.350. The van der Waals surface area contributed by atoms with Crippen molar-refractivity contribution in [2.45, 2.75) is 32.4 Å². The molecule has 1 N–H and O–H groups in total. The molecule has 2 aromatic carbocycles. The summed E-state index contributed by atoms with van der Waals surface area (Å²) in [6, 6.07) is 14.0. The SMILES string of the molecule is COc1ccc(N[C@H]2C[C@@H](C)N(C(C)=O)c3ccc(OC)cc32)cc1. The lowest BCUT2D eigenvalue weighted by Crippen LogP contribution is -2.43. The monoisotopic (exact) mass is 340 g/mol. The maximum atomic E-state index is 12.1. The molecular formula is C20H24N2O3. The third-order valence-corrected chi connectivity index (χ3v) is 4.66. The summed E-state index contributed by atoms with van der Waals surface area (Å²) >= 11 is 0. The molecule has 5 heteroatoms. The van der Waals surface area contributed by atoms with Gasteiger partial charge in [-0.3, -0.25) is 4.79 Å². The summed E-state index contributed by atoms with van der Waals surface area (Å²) in [6.45, 7) is 3.69. The van der Waals surface area contributed by atoms with Crippen LogP contribution < -0.4 is 19.7 Å². The van der Waals surface area contributed by atoms with Gasteiger partial charge in [-0.25, -0.2) is 0 Å². The number of methoxy groups -OCH3 is 2. The Balaban J connectivity index is 1.96. The smallest absolute Gasteiger partial charge is 0.224 e. The van der Waals surface area contributed by atoms with Gasteiger partial charge in [0.2, 0.25) is 5.91 Å². The van der Waals surface area contributed by atoms with Crippen LogP contribution in [0.25, 0.3) is 0 Å². The Bertz CT molecular complexity index is 758. The number of rotatable bonds is 4. The van der Waals surface area contributed by atoms with E-state index in [4.69, 9.17) is 9.47 Å². The van der Waals surface area contributed by atoms with Crippen LogP contribution in [-0.4, -0.2) is 26.2 Å². The summed E-state index contributed by atoms with van der Waals surface area (Å²) in [6.07, 6.45) is 0.825. The fourth-order valence-electron chi connectivity index (χ4n) is 3.47. The molecule has 0 aromatic heterocycles. The lowest BCUT2D eigenvalue weighted by atomic mass is 9.91. The van der Waals surface area contributed by atoms with E-state index in [-0.39, 0.29) is 18.0 Å². The van der Waals surface area contributed by atoms with Crippen molar-refractivity contribution in [2.75, 3.05) is 24.4 Å². The minimum Gasteiger partial charge on any atom is -0.497 e. The predicted molar refractivity (Wildman–Crippen MR) is 99.6 cm³/mol. The van der Waals surface area contributed by atoms with Gasteiger partial charge in [-0.05, 0) is 55.8 Å². The molecular weight excluding hydrogens is 316 g/mol. The zero-order valence-corrected chi connectivity index (χ0v) is 15.1. The molecule has 0 saturated heterocycles. The van der Waals surface area contributed by atoms with Gasteiger partial charge in [0.05, 0.1) is 20.3 Å². The Morgan fingerprint density at radius 3 is 2.32 bits per heavy atom. The number of anilines is 2. The first-order valence-corrected chi connectivity index (χ1v) is 8.41. The summed E-state index contributed by atoms with van der Waals surface area (Å²) in [5.74, 6) is 1.67. The molecule has 0 saturated carbocycles. The van der Waals surface area contributed by atoms with Crippen LogP contribution in [-0.2, 0) is 4.79 Å². The maximum absolute atomic E-state index is 12.1. The second-order valence-electron chi connectivity index (χ2n) is 6.32. The number of hydrogen-bond acceptors (Lipinski definition) is 4. The molecule has 0 bridgehead atoms. The molecule has 1 aliphatic heterocycles. The molecule has 2 atom stereocenters. The lowest BCUT2D eigenvalue weighted by molar-refractivity contribution is -0.117. The van der Waals surface area contributed by atoms with Crippen molar-refractivity contribution in [2.24, 2.45) is 0 Å². The molecule has 0 fully saturated rings. The van der Waals surface area contributed by atoms with Gasteiger partial charge in [0.15, 0.2) is 0 Å². The Morgan fingerprint density at radius 1 is 1.08 bits per heavy atom. The van der Waals surface area contributed by atoms with Crippen LogP contribution in [0.4, 0.5) is 11.4 Å². The molecule has 1 aliphatic rings. The Labute approximate surface area is 148 Å². The van der Waals surface area contributed by atoms with Crippen LogP contribution in [0, 0.1) is 0 Å². The first-order chi connectivity index (χ1) is 12.0. The van der Waals surface area contributed by atoms with E-state index in [1.165, 1.54) is 0 Å². The number of carbonyl (C=O) groups is 1. The fourth-order valence-corrected chi connectivity index (χ4v) is 3.47. The molecule has 3 rings (SSSR count). The van der Waals surface area contributed by atoms with E-state index in [1.54, 1.807) is 21.1 Å². The number of carbonyl (C=O) groups excluding carboxylic acids is 1. The molecule has 132 valence electrons. The molecule has 1 heterocycles. The van der Waals surface area contributed by atoms with E-state index in [0.717, 1.165) is 34.9 Å². The van der Waals surface area contributed by atoms with Gasteiger partial charge in [-0.1, -0.05) is 0 Å². The van der Waals surface area contributed by atoms with E-state index >= 15 is 0 Å². The number of fused-ring (bicyclic) bond motifs is 1. The second kappa shape index (κ2) is 7.05. The minimum atomic E-state index is 0.0572. The van der Waals surface area contributed by atoms with Gasteiger partial charge >= 0.3 is 0 Å². The van der Waals surface area contributed by atoms with Crippen molar-refractivity contribution in [3.63, 3.8) is 0 Å². The predicted octanol–water partition coefficient (Wildman–Crippen LogP) is 4.00. The highest BCUT2D eigenvalue weighted by Crippen LogP contribution is 2.40. The van der Waals surface area contributed by atoms with Crippen LogP contribution in [0.1, 0.15) is 31.9 Å². The van der Waals surface area contributed by atoms with Gasteiger partial charge in [-0.15, -0.1) is 0 Å². The third-order valence-electron chi connectivity index (χ3n) is 4.66. The van der Waals surface area contributed by atoms with Crippen LogP contribution >= 0.6 is 0 Å². The highest BCUT2D eigenvalue weighted by molar-refractivity contribution is 5.94. The third kappa shape index (κ3) is 3.40. The zero-order chi connectivity index (χ0) is 18.0. The largest absolute Gasteiger partial charge is 0.497 e. The van der Waals surface area contributed by atoms with Crippen molar-refractivity contribution < 1.29 is 14.3 Å². The Hall–Kier alpha value is -2.69. The summed E-state index contributed by atoms with van der Waals surface area (Å²) in [5.41, 5.74) is 3.03. The van der Waals surface area contributed by atoms with Gasteiger partial charge in [0.25, 0.3) is 0 Å². The molecule has 0 aliphatic carbocycles. The molecule has 5 nitrogen and oxygen atoms in total. The lowest BCUT2D eigenvalue weighted by Gasteiger charge is -2.39. The van der Waals surface area contributed by atoms with Crippen LogP contribution in [0.3, 0.4) is 0 Å². The number of ether oxygens (including phenoxy) is 2. The van der Waals surface area contributed by atoms with Gasteiger partial charge in [0, 0.05) is 29.9 Å². The zero-order valence-electron chi connectivity index (χ0n) is 15.1. The average molecular weight is 340 g/mol. The Morgan fingerprint density at radius 2 is 1.72 bits per heavy atom. The summed E-state index contributed by atoms with van der Waals surface area (Å²) in [7, 11) is 3.31. The molecule has 25 heavy (non-hydrogen) atoms. The molecule has 0 radical (unpaired) electrons. The number of nitrogens with zero attached hydrogens (tertiary/aromatic N) is 1. The first kappa shape index (κ1) is 17.1. The number of amides is 1. The topological polar surface area (TPSA) is 50.8 Å². The molecule has 2 aromatic rings. The van der Waals surface area contributed by atoms with Gasteiger partial charge < -0.3 is 19.7 Å². The van der Waals surface area contributed by atoms with Gasteiger partial charge in [-0.2, -0.15) is 0 Å². The van der Waals surface area contributed by atoms with Gasteiger partial charge in [0.1, 0.15) is 11.5 Å². The highest BCUT2D eigenvalue weighted by atomic mass is 16.5. The van der Waals surface area contributed by atoms with Crippen LogP contribution in [0.5, 0.6) is 11.5 Å². The van der Waals surface area contributed by atoms with Crippen molar-refractivity contribution in [3.8, 4) is 11.5 Å². The Kier molecular flexibility index (Phi) is 4.83. The second-order valence-corrected chi connectivity index (χ2v) is 6.32. The van der Waals surface area contributed by atoms with E-state index < -0.39 is 0 Å². The number of benzene rings is 2. The minimum absolute atomic E-state index is 0.0572. The van der Waals surface area contributed by atoms with Crippen LogP contribution in [0.2, 0.25) is 0 Å². The molecule has 0 unspecified atom stereocenters. The molecule has 1 amide bonds. The van der Waals surface area contributed by atoms with Crippen molar-refractivity contribution >= 4 is 17.3 Å².